The molecular weight excluding hydrogens is 304 g/mol. The lowest BCUT2D eigenvalue weighted by Gasteiger charge is -2.40. The third kappa shape index (κ3) is 2.51. The van der Waals surface area contributed by atoms with Gasteiger partial charge in [0.15, 0.2) is 4.96 Å². The number of hydrogen-bond acceptors (Lipinski definition) is 3. The number of thiazole rings is 1. The van der Waals surface area contributed by atoms with E-state index < -0.39 is 0 Å². The lowest BCUT2D eigenvalue weighted by molar-refractivity contribution is 0.131. The van der Waals surface area contributed by atoms with Crippen LogP contribution < -0.4 is 0 Å². The molecule has 0 saturated heterocycles. The normalized spacial score (nSPS) is 19.9. The van der Waals surface area contributed by atoms with Gasteiger partial charge in [0.1, 0.15) is 10.8 Å². The van der Waals surface area contributed by atoms with E-state index in [1.807, 2.05) is 6.92 Å². The number of hydrogen-bond donors (Lipinski definition) is 0. The first-order chi connectivity index (χ1) is 9.75. The molecule has 2 aromatic rings. The maximum absolute atomic E-state index is 6.58. The largest absolute Gasteiger partial charge is 0.375 e. The molecule has 0 bridgehead atoms. The molecule has 0 radical (unpaired) electrons. The van der Waals surface area contributed by atoms with Crippen molar-refractivity contribution in [2.24, 2.45) is 5.41 Å². The van der Waals surface area contributed by atoms with Gasteiger partial charge in [0.05, 0.1) is 6.61 Å². The molecule has 0 atom stereocenters. The minimum atomic E-state index is 0.186. The smallest absolute Gasteiger partial charge is 0.195 e. The summed E-state index contributed by atoms with van der Waals surface area (Å²) in [5, 5.41) is 0.726. The fraction of sp³-hybridized carbons (Fsp3) is 0.688. The lowest BCUT2D eigenvalue weighted by atomic mass is 9.67. The predicted molar refractivity (Wildman–Crippen MR) is 88.5 cm³/mol. The minimum Gasteiger partial charge on any atom is -0.375 e. The summed E-state index contributed by atoms with van der Waals surface area (Å²) in [4.78, 5) is 7.14. The zero-order valence-corrected chi connectivity index (χ0v) is 15.0. The molecule has 0 saturated carbocycles. The molecule has 3 nitrogen and oxygen atoms in total. The van der Waals surface area contributed by atoms with Crippen molar-refractivity contribution in [1.82, 2.24) is 9.38 Å². The maximum atomic E-state index is 6.58. The molecule has 0 spiro atoms. The molecule has 2 aromatic heterocycles. The van der Waals surface area contributed by atoms with Gasteiger partial charge in [0.25, 0.3) is 0 Å². The molecule has 1 aliphatic carbocycles. The molecule has 0 amide bonds. The Morgan fingerprint density at radius 2 is 2.05 bits per heavy atom. The number of rotatable bonds is 3. The van der Waals surface area contributed by atoms with E-state index in [-0.39, 0.29) is 10.8 Å². The first-order valence-corrected chi connectivity index (χ1v) is 8.71. The van der Waals surface area contributed by atoms with Gasteiger partial charge in [-0.1, -0.05) is 39.3 Å². The van der Waals surface area contributed by atoms with E-state index in [4.69, 9.17) is 21.3 Å². The van der Waals surface area contributed by atoms with Gasteiger partial charge in [-0.3, -0.25) is 4.40 Å². The van der Waals surface area contributed by atoms with E-state index >= 15 is 0 Å². The molecule has 1 aliphatic rings. The van der Waals surface area contributed by atoms with E-state index in [9.17, 15) is 0 Å². The Labute approximate surface area is 135 Å². The number of halogens is 1. The summed E-state index contributed by atoms with van der Waals surface area (Å²) < 4.78 is 7.62. The summed E-state index contributed by atoms with van der Waals surface area (Å²) in [5.41, 5.74) is 2.68. The first-order valence-electron chi connectivity index (χ1n) is 7.52. The van der Waals surface area contributed by atoms with Gasteiger partial charge in [-0.2, -0.15) is 0 Å². The average molecular weight is 327 g/mol. The fourth-order valence-corrected chi connectivity index (χ4v) is 5.34. The average Bonchev–Trinajstić information content (AvgIpc) is 2.84. The molecule has 2 heterocycles. The van der Waals surface area contributed by atoms with Gasteiger partial charge in [0, 0.05) is 22.6 Å². The van der Waals surface area contributed by atoms with Gasteiger partial charge in [-0.25, -0.2) is 4.98 Å². The highest BCUT2D eigenvalue weighted by Gasteiger charge is 2.41. The molecule has 0 unspecified atom stereocenters. The Morgan fingerprint density at radius 1 is 1.33 bits per heavy atom. The fourth-order valence-electron chi connectivity index (χ4n) is 3.75. The van der Waals surface area contributed by atoms with Crippen LogP contribution in [0.2, 0.25) is 5.15 Å². The van der Waals surface area contributed by atoms with Crippen LogP contribution in [-0.2, 0) is 23.2 Å². The van der Waals surface area contributed by atoms with Crippen LogP contribution in [0.5, 0.6) is 0 Å². The van der Waals surface area contributed by atoms with Crippen molar-refractivity contribution in [1.29, 1.82) is 0 Å². The molecule has 21 heavy (non-hydrogen) atoms. The van der Waals surface area contributed by atoms with Crippen LogP contribution in [0, 0.1) is 5.41 Å². The zero-order valence-electron chi connectivity index (χ0n) is 13.4. The van der Waals surface area contributed by atoms with Crippen LogP contribution in [0.1, 0.15) is 57.3 Å². The topological polar surface area (TPSA) is 26.5 Å². The van der Waals surface area contributed by atoms with E-state index in [1.165, 1.54) is 17.0 Å². The van der Waals surface area contributed by atoms with Crippen molar-refractivity contribution in [3.05, 3.63) is 21.4 Å². The summed E-state index contributed by atoms with van der Waals surface area (Å²) >= 11 is 8.37. The second-order valence-corrected chi connectivity index (χ2v) is 8.72. The minimum absolute atomic E-state index is 0.186. The van der Waals surface area contributed by atoms with Crippen molar-refractivity contribution < 1.29 is 4.74 Å². The number of imidazole rings is 1. The highest BCUT2D eigenvalue weighted by Crippen LogP contribution is 2.49. The van der Waals surface area contributed by atoms with Gasteiger partial charge in [0.2, 0.25) is 0 Å². The Kier molecular flexibility index (Phi) is 3.62. The predicted octanol–water partition coefficient (Wildman–Crippen LogP) is 4.84. The van der Waals surface area contributed by atoms with Crippen LogP contribution in [0.25, 0.3) is 4.96 Å². The summed E-state index contributed by atoms with van der Waals surface area (Å²) in [6.07, 6.45) is 2.25. The van der Waals surface area contributed by atoms with Crippen LogP contribution >= 0.6 is 22.9 Å². The second-order valence-electron chi connectivity index (χ2n) is 7.38. The Balaban J connectivity index is 2.15. The van der Waals surface area contributed by atoms with Gasteiger partial charge < -0.3 is 4.74 Å². The summed E-state index contributed by atoms with van der Waals surface area (Å²) in [6.45, 7) is 12.5. The van der Waals surface area contributed by atoms with Crippen LogP contribution in [0.15, 0.2) is 0 Å². The van der Waals surface area contributed by atoms with Gasteiger partial charge in [-0.05, 0) is 25.2 Å². The van der Waals surface area contributed by atoms with Crippen LogP contribution in [0.4, 0.5) is 0 Å². The Hall–Kier alpha value is -0.580. The number of aromatic nitrogens is 2. The second kappa shape index (κ2) is 4.97. The molecule has 0 aromatic carbocycles. The third-order valence-electron chi connectivity index (χ3n) is 4.21. The van der Waals surface area contributed by atoms with E-state index in [0.717, 1.165) is 22.2 Å². The van der Waals surface area contributed by atoms with Crippen molar-refractivity contribution >= 4 is 27.9 Å². The molecule has 0 N–H and O–H groups in total. The summed E-state index contributed by atoms with van der Waals surface area (Å²) in [5.74, 6) is 0. The van der Waals surface area contributed by atoms with Crippen molar-refractivity contribution in [2.45, 2.75) is 59.5 Å². The van der Waals surface area contributed by atoms with Gasteiger partial charge in [-0.15, -0.1) is 11.3 Å². The molecule has 3 rings (SSSR count). The molecule has 116 valence electrons. The maximum Gasteiger partial charge on any atom is 0.195 e. The summed E-state index contributed by atoms with van der Waals surface area (Å²) in [6, 6.07) is 0. The monoisotopic (exact) mass is 326 g/mol. The molecule has 0 aliphatic heterocycles. The quantitative estimate of drug-likeness (QED) is 0.807. The molecular formula is C16H23ClN2OS. The van der Waals surface area contributed by atoms with Gasteiger partial charge >= 0.3 is 0 Å². The Bertz CT molecular complexity index is 684. The molecule has 5 heteroatoms. The first kappa shape index (κ1) is 15.3. The van der Waals surface area contributed by atoms with Crippen molar-refractivity contribution in [3.63, 3.8) is 0 Å². The highest BCUT2D eigenvalue weighted by atomic mass is 35.5. The number of fused-ring (bicyclic) bond motifs is 3. The van der Waals surface area contributed by atoms with Crippen molar-refractivity contribution in [2.75, 3.05) is 6.61 Å². The van der Waals surface area contributed by atoms with E-state index in [2.05, 4.69) is 32.1 Å². The number of nitrogens with zero attached hydrogens (tertiary/aromatic N) is 2. The van der Waals surface area contributed by atoms with Crippen LogP contribution in [-0.4, -0.2) is 16.0 Å². The third-order valence-corrected chi connectivity index (χ3v) is 6.04. The van der Waals surface area contributed by atoms with E-state index in [1.54, 1.807) is 11.3 Å². The summed E-state index contributed by atoms with van der Waals surface area (Å²) in [7, 11) is 0. The standard InChI is InChI=1S/C16H23ClN2OS/c1-6-20-8-10-13(17)19-11-7-15(2,3)9-16(4,5)12(11)21-14(19)18-10/h6-9H2,1-5H3. The van der Waals surface area contributed by atoms with Crippen molar-refractivity contribution in [3.8, 4) is 0 Å². The number of ether oxygens (including phenoxy) is 1. The molecule has 0 fully saturated rings. The lowest BCUT2D eigenvalue weighted by Crippen LogP contribution is -2.34. The zero-order chi connectivity index (χ0) is 15.4. The highest BCUT2D eigenvalue weighted by molar-refractivity contribution is 7.17. The SMILES string of the molecule is CCOCc1nc2sc3c(n2c1Cl)CC(C)(C)CC3(C)C. The van der Waals surface area contributed by atoms with E-state index in [0.29, 0.717) is 13.2 Å². The Morgan fingerprint density at radius 3 is 2.71 bits per heavy atom. The van der Waals surface area contributed by atoms with Crippen LogP contribution in [0.3, 0.4) is 0 Å².